The number of hydrogen-bond acceptors (Lipinski definition) is 4. The van der Waals surface area contributed by atoms with E-state index in [2.05, 4.69) is 17.0 Å². The second-order valence-electron chi connectivity index (χ2n) is 3.21. The lowest BCUT2D eigenvalue weighted by Crippen LogP contribution is -2.30. The lowest BCUT2D eigenvalue weighted by molar-refractivity contribution is 0.260. The highest BCUT2D eigenvalue weighted by Crippen LogP contribution is 2.22. The maximum absolute atomic E-state index is 5.75. The first kappa shape index (κ1) is 7.42. The van der Waals surface area contributed by atoms with Crippen molar-refractivity contribution in [2.75, 3.05) is 25.1 Å². The van der Waals surface area contributed by atoms with Gasteiger partial charge in [0, 0.05) is 13.1 Å². The lowest BCUT2D eigenvalue weighted by Gasteiger charge is -2.23. The molecule has 0 amide bonds. The maximum Gasteiger partial charge on any atom is 0.169 e. The number of nitrogen functional groups attached to an aromatic ring is 2. The molecule has 0 fully saturated rings. The minimum absolute atomic E-state index is 0.459. The molecular weight excluding hydrogens is 154 g/mol. The molecule has 5 nitrogen and oxygen atoms in total. The molecule has 0 spiro atoms. The molecule has 5 heteroatoms. The van der Waals surface area contributed by atoms with E-state index in [4.69, 9.17) is 11.5 Å². The van der Waals surface area contributed by atoms with Crippen LogP contribution in [0.15, 0.2) is 0 Å². The van der Waals surface area contributed by atoms with E-state index in [9.17, 15) is 0 Å². The van der Waals surface area contributed by atoms with Crippen molar-refractivity contribution >= 4 is 11.5 Å². The zero-order valence-corrected chi connectivity index (χ0v) is 7.12. The van der Waals surface area contributed by atoms with Crippen LogP contribution in [-0.4, -0.2) is 28.3 Å². The fraction of sp³-hybridized carbons (Fsp3) is 0.571. The van der Waals surface area contributed by atoms with E-state index in [0.29, 0.717) is 11.5 Å². The Balaban J connectivity index is 2.44. The predicted octanol–water partition coefficient (Wildman–Crippen LogP) is -0.507. The number of fused-ring (bicyclic) bond motifs is 1. The fourth-order valence-corrected chi connectivity index (χ4v) is 1.48. The highest BCUT2D eigenvalue weighted by molar-refractivity contribution is 5.61. The molecule has 0 radical (unpaired) electrons. The first-order valence-corrected chi connectivity index (χ1v) is 3.97. The summed E-state index contributed by atoms with van der Waals surface area (Å²) >= 11 is 0. The van der Waals surface area contributed by atoms with Gasteiger partial charge in [-0.15, -0.1) is 0 Å². The summed E-state index contributed by atoms with van der Waals surface area (Å²) in [5.74, 6) is 0.459. The molecule has 12 heavy (non-hydrogen) atoms. The van der Waals surface area contributed by atoms with Crippen molar-refractivity contribution in [2.24, 2.45) is 0 Å². The molecule has 4 N–H and O–H groups in total. The van der Waals surface area contributed by atoms with Crippen LogP contribution in [0.1, 0.15) is 5.69 Å². The average Bonchev–Trinajstić information content (AvgIpc) is 2.31. The number of hydrogen-bond donors (Lipinski definition) is 2. The zero-order valence-electron chi connectivity index (χ0n) is 7.12. The average molecular weight is 167 g/mol. The zero-order chi connectivity index (χ0) is 8.72. The van der Waals surface area contributed by atoms with Gasteiger partial charge < -0.3 is 11.5 Å². The van der Waals surface area contributed by atoms with E-state index in [1.807, 2.05) is 4.68 Å². The van der Waals surface area contributed by atoms with Crippen LogP contribution in [-0.2, 0) is 13.1 Å². The van der Waals surface area contributed by atoms with Crippen LogP contribution < -0.4 is 11.5 Å². The van der Waals surface area contributed by atoms with Crippen LogP contribution in [0.25, 0.3) is 0 Å². The van der Waals surface area contributed by atoms with E-state index in [0.717, 1.165) is 25.3 Å². The Morgan fingerprint density at radius 3 is 2.83 bits per heavy atom. The second kappa shape index (κ2) is 2.38. The van der Waals surface area contributed by atoms with Gasteiger partial charge in [-0.3, -0.25) is 9.58 Å². The summed E-state index contributed by atoms with van der Waals surface area (Å²) in [4.78, 5) is 2.20. The highest BCUT2D eigenvalue weighted by atomic mass is 15.4. The number of nitrogens with zero attached hydrogens (tertiary/aromatic N) is 3. The summed E-state index contributed by atoms with van der Waals surface area (Å²) in [7, 11) is 2.06. The Labute approximate surface area is 70.9 Å². The molecule has 0 bridgehead atoms. The van der Waals surface area contributed by atoms with Gasteiger partial charge in [0.05, 0.1) is 17.9 Å². The molecule has 0 saturated heterocycles. The molecular formula is C7H13N5. The molecule has 0 unspecified atom stereocenters. The molecule has 0 aliphatic carbocycles. The Kier molecular flexibility index (Phi) is 1.47. The molecule has 0 aromatic carbocycles. The Bertz CT molecular complexity index is 303. The van der Waals surface area contributed by atoms with E-state index >= 15 is 0 Å². The first-order chi connectivity index (χ1) is 5.68. The SMILES string of the molecule is CN1CCn2nc(N)c(N)c2C1. The van der Waals surface area contributed by atoms with Gasteiger partial charge in [-0.2, -0.15) is 5.10 Å². The Morgan fingerprint density at radius 1 is 1.33 bits per heavy atom. The number of aromatic nitrogens is 2. The van der Waals surface area contributed by atoms with Crippen molar-refractivity contribution < 1.29 is 0 Å². The quantitative estimate of drug-likeness (QED) is 0.546. The molecule has 2 rings (SSSR count). The van der Waals surface area contributed by atoms with Crippen molar-refractivity contribution in [2.45, 2.75) is 13.1 Å². The molecule has 1 aromatic heterocycles. The van der Waals surface area contributed by atoms with Gasteiger partial charge >= 0.3 is 0 Å². The molecule has 66 valence electrons. The maximum atomic E-state index is 5.75. The van der Waals surface area contributed by atoms with Gasteiger partial charge in [-0.1, -0.05) is 0 Å². The van der Waals surface area contributed by atoms with Crippen LogP contribution >= 0.6 is 0 Å². The van der Waals surface area contributed by atoms with Gasteiger partial charge in [0.1, 0.15) is 0 Å². The van der Waals surface area contributed by atoms with Crippen molar-refractivity contribution in [1.82, 2.24) is 14.7 Å². The van der Waals surface area contributed by atoms with Crippen molar-refractivity contribution in [3.63, 3.8) is 0 Å². The topological polar surface area (TPSA) is 73.1 Å². The van der Waals surface area contributed by atoms with Gasteiger partial charge in [0.15, 0.2) is 5.82 Å². The summed E-state index contributed by atoms with van der Waals surface area (Å²) in [6, 6.07) is 0. The summed E-state index contributed by atoms with van der Waals surface area (Å²) in [5.41, 5.74) is 13.0. The largest absolute Gasteiger partial charge is 0.394 e. The Morgan fingerprint density at radius 2 is 2.08 bits per heavy atom. The first-order valence-electron chi connectivity index (χ1n) is 3.97. The molecule has 0 atom stereocenters. The van der Waals surface area contributed by atoms with Gasteiger partial charge in [0.2, 0.25) is 0 Å². The number of likely N-dealkylation sites (N-methyl/N-ethyl adjacent to an activating group) is 1. The summed E-state index contributed by atoms with van der Waals surface area (Å²) in [5, 5.41) is 4.13. The summed E-state index contributed by atoms with van der Waals surface area (Å²) in [6.07, 6.45) is 0. The molecule has 1 aromatic rings. The predicted molar refractivity (Wildman–Crippen MR) is 47.4 cm³/mol. The summed E-state index contributed by atoms with van der Waals surface area (Å²) in [6.45, 7) is 2.73. The van der Waals surface area contributed by atoms with Gasteiger partial charge in [0.25, 0.3) is 0 Å². The van der Waals surface area contributed by atoms with Crippen molar-refractivity contribution in [1.29, 1.82) is 0 Å². The van der Waals surface area contributed by atoms with Crippen LogP contribution in [0.5, 0.6) is 0 Å². The fourth-order valence-electron chi connectivity index (χ4n) is 1.48. The third-order valence-electron chi connectivity index (χ3n) is 2.24. The van der Waals surface area contributed by atoms with E-state index < -0.39 is 0 Å². The molecule has 2 heterocycles. The number of nitrogens with two attached hydrogens (primary N) is 2. The number of rotatable bonds is 0. The third-order valence-corrected chi connectivity index (χ3v) is 2.24. The van der Waals surface area contributed by atoms with Gasteiger partial charge in [-0.05, 0) is 7.05 Å². The third kappa shape index (κ3) is 0.937. The van der Waals surface area contributed by atoms with Crippen molar-refractivity contribution in [3.05, 3.63) is 5.69 Å². The molecule has 1 aliphatic rings. The van der Waals surface area contributed by atoms with E-state index in [1.54, 1.807) is 0 Å². The standard InChI is InChI=1S/C7H13N5/c1-11-2-3-12-5(4-11)6(8)7(9)10-12/h2-4,8H2,1H3,(H2,9,10). The lowest BCUT2D eigenvalue weighted by atomic mass is 10.3. The summed E-state index contributed by atoms with van der Waals surface area (Å²) < 4.78 is 1.89. The minimum Gasteiger partial charge on any atom is -0.394 e. The van der Waals surface area contributed by atoms with Crippen LogP contribution in [0.2, 0.25) is 0 Å². The molecule has 0 saturated carbocycles. The number of anilines is 2. The second-order valence-corrected chi connectivity index (χ2v) is 3.21. The van der Waals surface area contributed by atoms with E-state index in [1.165, 1.54) is 0 Å². The normalized spacial score (nSPS) is 17.8. The Hall–Kier alpha value is -1.23. The minimum atomic E-state index is 0.459. The van der Waals surface area contributed by atoms with Crippen molar-refractivity contribution in [3.8, 4) is 0 Å². The van der Waals surface area contributed by atoms with Crippen LogP contribution in [0, 0.1) is 0 Å². The monoisotopic (exact) mass is 167 g/mol. The smallest absolute Gasteiger partial charge is 0.169 e. The highest BCUT2D eigenvalue weighted by Gasteiger charge is 2.18. The molecule has 1 aliphatic heterocycles. The van der Waals surface area contributed by atoms with Crippen LogP contribution in [0.3, 0.4) is 0 Å². The van der Waals surface area contributed by atoms with Crippen LogP contribution in [0.4, 0.5) is 11.5 Å². The van der Waals surface area contributed by atoms with Gasteiger partial charge in [-0.25, -0.2) is 0 Å². The van der Waals surface area contributed by atoms with E-state index in [-0.39, 0.29) is 0 Å².